The summed E-state index contributed by atoms with van der Waals surface area (Å²) in [7, 11) is 0. The predicted octanol–water partition coefficient (Wildman–Crippen LogP) is 4.92. The van der Waals surface area contributed by atoms with Crippen LogP contribution in [0.2, 0.25) is 0 Å². The second kappa shape index (κ2) is 7.36. The number of aliphatic hydroxyl groups excluding tert-OH is 1. The van der Waals surface area contributed by atoms with Gasteiger partial charge in [0.05, 0.1) is 11.6 Å². The molecule has 0 aromatic heterocycles. The molecule has 144 valence electrons. The molecule has 1 unspecified atom stereocenters. The van der Waals surface area contributed by atoms with Gasteiger partial charge in [0, 0.05) is 11.3 Å². The summed E-state index contributed by atoms with van der Waals surface area (Å²) in [5.41, 5.74) is 2.45. The van der Waals surface area contributed by atoms with E-state index in [2.05, 4.69) is 0 Å². The van der Waals surface area contributed by atoms with Crippen molar-refractivity contribution in [3.8, 4) is 0 Å². The second-order valence-electron chi connectivity index (χ2n) is 6.92. The topological polar surface area (TPSA) is 57.6 Å². The van der Waals surface area contributed by atoms with Crippen LogP contribution in [0, 0.1) is 12.7 Å². The van der Waals surface area contributed by atoms with Crippen LogP contribution in [0.25, 0.3) is 0 Å². The zero-order chi connectivity index (χ0) is 20.5. The number of anilines is 1. The molecule has 0 aliphatic carbocycles. The highest BCUT2D eigenvalue weighted by atomic mass is 19.1. The van der Waals surface area contributed by atoms with Crippen molar-refractivity contribution in [1.29, 1.82) is 0 Å². The minimum atomic E-state index is -0.817. The van der Waals surface area contributed by atoms with Gasteiger partial charge in [-0.15, -0.1) is 0 Å². The summed E-state index contributed by atoms with van der Waals surface area (Å²) in [6, 6.07) is 20.5. The first-order valence-corrected chi connectivity index (χ1v) is 9.16. The maximum absolute atomic E-state index is 13.4. The van der Waals surface area contributed by atoms with Gasteiger partial charge in [-0.3, -0.25) is 14.5 Å². The van der Waals surface area contributed by atoms with Gasteiger partial charge in [0.25, 0.3) is 5.91 Å². The standard InChI is InChI=1S/C24H18FNO3/c1-15-7-9-17(10-8-15)22(27)20-21(16-5-3-2-4-6-16)26(24(29)23(20)28)19-13-11-18(25)12-14-19/h2-14,21,28H,1H3. The van der Waals surface area contributed by atoms with E-state index in [4.69, 9.17) is 0 Å². The number of benzene rings is 3. The van der Waals surface area contributed by atoms with E-state index in [0.29, 0.717) is 16.8 Å². The first kappa shape index (κ1) is 18.6. The maximum atomic E-state index is 13.4. The Bertz CT molecular complexity index is 1100. The number of aryl methyl sites for hydroxylation is 1. The summed E-state index contributed by atoms with van der Waals surface area (Å²) < 4.78 is 13.4. The third kappa shape index (κ3) is 3.31. The maximum Gasteiger partial charge on any atom is 0.294 e. The normalized spacial score (nSPS) is 16.4. The van der Waals surface area contributed by atoms with Crippen LogP contribution in [0.5, 0.6) is 0 Å². The molecule has 0 fully saturated rings. The largest absolute Gasteiger partial charge is 0.503 e. The Kier molecular flexibility index (Phi) is 4.72. The van der Waals surface area contributed by atoms with Crippen molar-refractivity contribution in [2.75, 3.05) is 4.90 Å². The number of hydrogen-bond acceptors (Lipinski definition) is 3. The quantitative estimate of drug-likeness (QED) is 0.647. The Morgan fingerprint density at radius 2 is 1.55 bits per heavy atom. The zero-order valence-corrected chi connectivity index (χ0v) is 15.7. The number of halogens is 1. The van der Waals surface area contributed by atoms with E-state index in [1.165, 1.54) is 29.2 Å². The fourth-order valence-corrected chi connectivity index (χ4v) is 3.52. The number of carbonyl (C=O) groups is 2. The Hall–Kier alpha value is -3.73. The molecule has 4 nitrogen and oxygen atoms in total. The van der Waals surface area contributed by atoms with Gasteiger partial charge in [-0.1, -0.05) is 60.2 Å². The van der Waals surface area contributed by atoms with Crippen LogP contribution >= 0.6 is 0 Å². The molecule has 0 saturated carbocycles. The molecule has 3 aromatic carbocycles. The van der Waals surface area contributed by atoms with Gasteiger partial charge < -0.3 is 5.11 Å². The number of amides is 1. The zero-order valence-electron chi connectivity index (χ0n) is 15.7. The van der Waals surface area contributed by atoms with Gasteiger partial charge in [-0.25, -0.2) is 4.39 Å². The van der Waals surface area contributed by atoms with Crippen molar-refractivity contribution in [3.05, 3.63) is 113 Å². The minimum Gasteiger partial charge on any atom is -0.503 e. The lowest BCUT2D eigenvalue weighted by Gasteiger charge is -2.27. The average molecular weight is 387 g/mol. The molecule has 1 heterocycles. The average Bonchev–Trinajstić information content (AvgIpc) is 3.00. The summed E-state index contributed by atoms with van der Waals surface area (Å²) in [4.78, 5) is 27.5. The number of carbonyl (C=O) groups excluding carboxylic acids is 2. The third-order valence-corrected chi connectivity index (χ3v) is 4.99. The van der Waals surface area contributed by atoms with Crippen molar-refractivity contribution in [2.45, 2.75) is 13.0 Å². The summed E-state index contributed by atoms with van der Waals surface area (Å²) in [6.45, 7) is 1.91. The number of Topliss-reactive ketones (excluding diaryl/α,β-unsaturated/α-hetero) is 1. The highest BCUT2D eigenvalue weighted by Gasteiger charge is 2.44. The third-order valence-electron chi connectivity index (χ3n) is 4.99. The summed E-state index contributed by atoms with van der Waals surface area (Å²) in [6.07, 6.45) is 0. The van der Waals surface area contributed by atoms with Gasteiger partial charge in [-0.2, -0.15) is 0 Å². The number of rotatable bonds is 4. The molecule has 3 aromatic rings. The highest BCUT2D eigenvalue weighted by Crippen LogP contribution is 2.41. The number of nitrogens with zero attached hydrogens (tertiary/aromatic N) is 1. The second-order valence-corrected chi connectivity index (χ2v) is 6.92. The van der Waals surface area contributed by atoms with E-state index in [1.807, 2.05) is 13.0 Å². The molecule has 4 rings (SSSR count). The van der Waals surface area contributed by atoms with E-state index < -0.39 is 29.3 Å². The van der Waals surface area contributed by atoms with E-state index in [9.17, 15) is 19.1 Å². The molecular weight excluding hydrogens is 369 g/mol. The first-order valence-electron chi connectivity index (χ1n) is 9.16. The Morgan fingerprint density at radius 1 is 0.931 bits per heavy atom. The number of hydrogen-bond donors (Lipinski definition) is 1. The fraction of sp³-hybridized carbons (Fsp3) is 0.0833. The van der Waals surface area contributed by atoms with Crippen LogP contribution < -0.4 is 4.90 Å². The summed E-state index contributed by atoms with van der Waals surface area (Å²) in [5.74, 6) is -2.14. The molecule has 0 radical (unpaired) electrons. The lowest BCUT2D eigenvalue weighted by Crippen LogP contribution is -2.31. The lowest BCUT2D eigenvalue weighted by atomic mass is 9.92. The molecule has 1 amide bonds. The van der Waals surface area contributed by atoms with Crippen molar-refractivity contribution in [3.63, 3.8) is 0 Å². The lowest BCUT2D eigenvalue weighted by molar-refractivity contribution is -0.117. The van der Waals surface area contributed by atoms with E-state index in [-0.39, 0.29) is 5.57 Å². The van der Waals surface area contributed by atoms with Crippen molar-refractivity contribution < 1.29 is 19.1 Å². The smallest absolute Gasteiger partial charge is 0.294 e. The molecule has 0 saturated heterocycles. The van der Waals surface area contributed by atoms with Crippen LogP contribution in [-0.2, 0) is 4.79 Å². The van der Waals surface area contributed by atoms with Crippen LogP contribution in [0.4, 0.5) is 10.1 Å². The minimum absolute atomic E-state index is 0.00868. The number of ketones is 1. The SMILES string of the molecule is Cc1ccc(C(=O)C2=C(O)C(=O)N(c3ccc(F)cc3)C2c2ccccc2)cc1. The monoisotopic (exact) mass is 387 g/mol. The van der Waals surface area contributed by atoms with Crippen molar-refractivity contribution in [2.24, 2.45) is 0 Å². The number of aliphatic hydroxyl groups is 1. The first-order chi connectivity index (χ1) is 14.0. The molecule has 1 aliphatic heterocycles. The molecule has 0 bridgehead atoms. The van der Waals surface area contributed by atoms with Gasteiger partial charge in [-0.05, 0) is 36.8 Å². The van der Waals surface area contributed by atoms with E-state index in [1.54, 1.807) is 48.5 Å². The molecule has 29 heavy (non-hydrogen) atoms. The van der Waals surface area contributed by atoms with Gasteiger partial charge in [0.15, 0.2) is 11.5 Å². The van der Waals surface area contributed by atoms with Crippen LogP contribution in [0.15, 0.2) is 90.2 Å². The molecule has 5 heteroatoms. The van der Waals surface area contributed by atoms with Crippen LogP contribution in [0.3, 0.4) is 0 Å². The summed E-state index contributed by atoms with van der Waals surface area (Å²) in [5, 5.41) is 10.7. The molecular formula is C24H18FNO3. The molecule has 0 spiro atoms. The summed E-state index contributed by atoms with van der Waals surface area (Å²) >= 11 is 0. The van der Waals surface area contributed by atoms with Crippen molar-refractivity contribution in [1.82, 2.24) is 0 Å². The Labute approximate surface area is 167 Å². The van der Waals surface area contributed by atoms with Crippen LogP contribution in [0.1, 0.15) is 27.5 Å². The van der Waals surface area contributed by atoms with Gasteiger partial charge in [0.1, 0.15) is 5.82 Å². The fourth-order valence-electron chi connectivity index (χ4n) is 3.52. The molecule has 1 aliphatic rings. The van der Waals surface area contributed by atoms with Crippen molar-refractivity contribution >= 4 is 17.4 Å². The van der Waals surface area contributed by atoms with Gasteiger partial charge >= 0.3 is 0 Å². The van der Waals surface area contributed by atoms with E-state index in [0.717, 1.165) is 5.56 Å². The Morgan fingerprint density at radius 3 is 2.17 bits per heavy atom. The van der Waals surface area contributed by atoms with E-state index >= 15 is 0 Å². The highest BCUT2D eigenvalue weighted by molar-refractivity contribution is 6.20. The predicted molar refractivity (Wildman–Crippen MR) is 108 cm³/mol. The van der Waals surface area contributed by atoms with Gasteiger partial charge in [0.2, 0.25) is 0 Å². The Balaban J connectivity index is 1.86. The molecule has 1 atom stereocenters. The van der Waals surface area contributed by atoms with Crippen LogP contribution in [-0.4, -0.2) is 16.8 Å². The molecule has 1 N–H and O–H groups in total.